The molecule has 4 rings (SSSR count). The Morgan fingerprint density at radius 2 is 1.90 bits per heavy atom. The van der Waals surface area contributed by atoms with Gasteiger partial charge in [-0.15, -0.1) is 5.10 Å². The molecule has 1 aliphatic heterocycles. The molecule has 8 heteroatoms. The molecule has 2 aromatic carbocycles. The van der Waals surface area contributed by atoms with Crippen molar-refractivity contribution in [3.8, 4) is 0 Å². The number of carbonyl (C=O) groups is 1. The largest absolute Gasteiger partial charge is 0.339 e. The number of benzene rings is 2. The minimum atomic E-state index is -0.325. The summed E-state index contributed by atoms with van der Waals surface area (Å²) in [5.74, 6) is 0.695. The highest BCUT2D eigenvalue weighted by molar-refractivity contribution is 6.33. The Morgan fingerprint density at radius 1 is 1.20 bits per heavy atom. The lowest BCUT2D eigenvalue weighted by Crippen LogP contribution is -2.27. The summed E-state index contributed by atoms with van der Waals surface area (Å²) in [7, 11) is 1.84. The Morgan fingerprint density at radius 3 is 2.60 bits per heavy atom. The lowest BCUT2D eigenvalue weighted by molar-refractivity contribution is 0.0945. The van der Waals surface area contributed by atoms with Crippen molar-refractivity contribution >= 4 is 23.5 Å². The summed E-state index contributed by atoms with van der Waals surface area (Å²) in [6, 6.07) is 13.2. The van der Waals surface area contributed by atoms with Crippen LogP contribution in [0.3, 0.4) is 0 Å². The van der Waals surface area contributed by atoms with Crippen molar-refractivity contribution < 1.29 is 9.18 Å². The summed E-state index contributed by atoms with van der Waals surface area (Å²) < 4.78 is 14.6. The van der Waals surface area contributed by atoms with Crippen LogP contribution in [-0.2, 0) is 6.54 Å². The SMILES string of the molecule is CN(Cc1ccc(F)cc1)c1nc(C2CCNCC2)nn1C(=O)c1ccccc1Cl. The molecule has 6 nitrogen and oxygen atoms in total. The fraction of sp³-hybridized carbons (Fsp3) is 0.318. The first-order valence-corrected chi connectivity index (χ1v) is 10.3. The lowest BCUT2D eigenvalue weighted by Gasteiger charge is -2.19. The van der Waals surface area contributed by atoms with Gasteiger partial charge in [-0.05, 0) is 55.8 Å². The average Bonchev–Trinajstić information content (AvgIpc) is 3.22. The van der Waals surface area contributed by atoms with Gasteiger partial charge in [-0.3, -0.25) is 4.79 Å². The molecule has 0 bridgehead atoms. The number of hydrogen-bond acceptors (Lipinski definition) is 5. The zero-order valence-electron chi connectivity index (χ0n) is 16.7. The van der Waals surface area contributed by atoms with Gasteiger partial charge in [0.15, 0.2) is 5.82 Å². The maximum absolute atomic E-state index is 13.3. The van der Waals surface area contributed by atoms with Crippen molar-refractivity contribution in [3.63, 3.8) is 0 Å². The maximum atomic E-state index is 13.3. The van der Waals surface area contributed by atoms with Crippen LogP contribution in [0, 0.1) is 5.82 Å². The molecule has 0 radical (unpaired) electrons. The molecule has 2 heterocycles. The van der Waals surface area contributed by atoms with E-state index in [1.165, 1.54) is 16.8 Å². The van der Waals surface area contributed by atoms with Gasteiger partial charge < -0.3 is 10.2 Å². The molecule has 1 aromatic heterocycles. The van der Waals surface area contributed by atoms with Crippen LogP contribution < -0.4 is 10.2 Å². The highest BCUT2D eigenvalue weighted by Crippen LogP contribution is 2.26. The zero-order chi connectivity index (χ0) is 21.1. The van der Waals surface area contributed by atoms with Crippen molar-refractivity contribution in [1.82, 2.24) is 20.1 Å². The molecular weight excluding hydrogens is 405 g/mol. The zero-order valence-corrected chi connectivity index (χ0v) is 17.4. The molecule has 1 fully saturated rings. The number of aromatic nitrogens is 3. The number of carbonyl (C=O) groups excluding carboxylic acids is 1. The van der Waals surface area contributed by atoms with Crippen LogP contribution in [0.1, 0.15) is 40.5 Å². The van der Waals surface area contributed by atoms with E-state index < -0.39 is 0 Å². The molecule has 1 aliphatic rings. The molecule has 0 atom stereocenters. The van der Waals surface area contributed by atoms with Gasteiger partial charge in [0.05, 0.1) is 10.6 Å². The van der Waals surface area contributed by atoms with Crippen molar-refractivity contribution in [1.29, 1.82) is 0 Å². The van der Waals surface area contributed by atoms with Crippen LogP contribution in [0.4, 0.5) is 10.3 Å². The molecule has 0 spiro atoms. The third-order valence-corrected chi connectivity index (χ3v) is 5.61. The summed E-state index contributed by atoms with van der Waals surface area (Å²) in [6.07, 6.45) is 1.84. The van der Waals surface area contributed by atoms with Gasteiger partial charge >= 0.3 is 0 Å². The molecule has 3 aromatic rings. The van der Waals surface area contributed by atoms with E-state index in [4.69, 9.17) is 16.6 Å². The predicted molar refractivity (Wildman–Crippen MR) is 115 cm³/mol. The van der Waals surface area contributed by atoms with Crippen LogP contribution in [0.25, 0.3) is 0 Å². The van der Waals surface area contributed by atoms with E-state index >= 15 is 0 Å². The van der Waals surface area contributed by atoms with E-state index in [2.05, 4.69) is 10.4 Å². The first-order chi connectivity index (χ1) is 14.5. The van der Waals surface area contributed by atoms with E-state index in [1.807, 2.05) is 11.9 Å². The van der Waals surface area contributed by atoms with Gasteiger partial charge in [0, 0.05) is 19.5 Å². The van der Waals surface area contributed by atoms with Crippen LogP contribution in [0.5, 0.6) is 0 Å². The molecule has 0 aliphatic carbocycles. The summed E-state index contributed by atoms with van der Waals surface area (Å²) in [6.45, 7) is 2.26. The Labute approximate surface area is 179 Å². The van der Waals surface area contributed by atoms with E-state index in [0.29, 0.717) is 28.9 Å². The fourth-order valence-corrected chi connectivity index (χ4v) is 3.86. The quantitative estimate of drug-likeness (QED) is 0.669. The van der Waals surface area contributed by atoms with Crippen LogP contribution in [-0.4, -0.2) is 40.8 Å². The maximum Gasteiger partial charge on any atom is 0.282 e. The van der Waals surface area contributed by atoms with Crippen molar-refractivity contribution in [2.75, 3.05) is 25.0 Å². The molecule has 0 amide bonds. The molecular formula is C22H23ClFN5O. The molecule has 30 heavy (non-hydrogen) atoms. The normalized spacial score (nSPS) is 14.6. The van der Waals surface area contributed by atoms with Gasteiger partial charge in [0.2, 0.25) is 5.95 Å². The Bertz CT molecular complexity index is 1030. The summed E-state index contributed by atoms with van der Waals surface area (Å²) in [5.41, 5.74) is 1.28. The summed E-state index contributed by atoms with van der Waals surface area (Å²) in [4.78, 5) is 19.9. The minimum absolute atomic E-state index is 0.199. The van der Waals surface area contributed by atoms with Gasteiger partial charge in [-0.25, -0.2) is 4.39 Å². The van der Waals surface area contributed by atoms with Crippen molar-refractivity contribution in [2.24, 2.45) is 0 Å². The third kappa shape index (κ3) is 4.37. The minimum Gasteiger partial charge on any atom is -0.339 e. The van der Waals surface area contributed by atoms with E-state index in [-0.39, 0.29) is 17.6 Å². The van der Waals surface area contributed by atoms with Gasteiger partial charge in [0.25, 0.3) is 5.91 Å². The molecule has 1 N–H and O–H groups in total. The standard InChI is InChI=1S/C22H23ClFN5O/c1-28(14-15-6-8-17(24)9-7-15)22-26-20(16-10-12-25-13-11-16)27-29(22)21(30)18-4-2-3-5-19(18)23/h2-9,16,25H,10-14H2,1H3. The third-order valence-electron chi connectivity index (χ3n) is 5.28. The van der Waals surface area contributed by atoms with E-state index in [9.17, 15) is 9.18 Å². The monoisotopic (exact) mass is 427 g/mol. The van der Waals surface area contributed by atoms with Gasteiger partial charge in [0.1, 0.15) is 5.82 Å². The Hall–Kier alpha value is -2.77. The molecule has 0 unspecified atom stereocenters. The van der Waals surface area contributed by atoms with Gasteiger partial charge in [-0.2, -0.15) is 9.67 Å². The van der Waals surface area contributed by atoms with E-state index in [0.717, 1.165) is 31.5 Å². The fourth-order valence-electron chi connectivity index (χ4n) is 3.64. The first-order valence-electron chi connectivity index (χ1n) is 9.95. The second-order valence-electron chi connectivity index (χ2n) is 7.47. The first kappa shape index (κ1) is 20.5. The Kier molecular flexibility index (Phi) is 6.11. The van der Waals surface area contributed by atoms with Crippen LogP contribution in [0.2, 0.25) is 5.02 Å². The molecule has 0 saturated carbocycles. The predicted octanol–water partition coefficient (Wildman–Crippen LogP) is 3.86. The number of piperidine rings is 1. The number of nitrogens with zero attached hydrogens (tertiary/aromatic N) is 4. The van der Waals surface area contributed by atoms with E-state index in [1.54, 1.807) is 36.4 Å². The molecule has 156 valence electrons. The summed E-state index contributed by atoms with van der Waals surface area (Å²) >= 11 is 6.26. The second kappa shape index (κ2) is 8.93. The number of halogens is 2. The average molecular weight is 428 g/mol. The number of anilines is 1. The van der Waals surface area contributed by atoms with Crippen LogP contribution >= 0.6 is 11.6 Å². The second-order valence-corrected chi connectivity index (χ2v) is 7.88. The summed E-state index contributed by atoms with van der Waals surface area (Å²) in [5, 5.41) is 8.30. The topological polar surface area (TPSA) is 63.1 Å². The number of hydrogen-bond donors (Lipinski definition) is 1. The highest BCUT2D eigenvalue weighted by Gasteiger charge is 2.26. The Balaban J connectivity index is 1.69. The number of nitrogens with one attached hydrogen (secondary N) is 1. The number of rotatable bonds is 5. The van der Waals surface area contributed by atoms with Gasteiger partial charge in [-0.1, -0.05) is 35.9 Å². The lowest BCUT2D eigenvalue weighted by atomic mass is 9.98. The van der Waals surface area contributed by atoms with Crippen molar-refractivity contribution in [2.45, 2.75) is 25.3 Å². The molecule has 1 saturated heterocycles. The van der Waals surface area contributed by atoms with Crippen LogP contribution in [0.15, 0.2) is 48.5 Å². The van der Waals surface area contributed by atoms with Crippen molar-refractivity contribution in [3.05, 3.63) is 76.3 Å². The smallest absolute Gasteiger partial charge is 0.282 e. The highest BCUT2D eigenvalue weighted by atomic mass is 35.5.